The molecular formula is C80H129AlBN6Na3O37. The van der Waals surface area contributed by atoms with Crippen molar-refractivity contribution < 1.29 is 269 Å². The van der Waals surface area contributed by atoms with Gasteiger partial charge in [-0.3, -0.25) is 67.1 Å². The number of carbonyl (C=O) groups excluding carboxylic acids is 14. The van der Waals surface area contributed by atoms with Crippen LogP contribution in [0.1, 0.15) is 227 Å². The van der Waals surface area contributed by atoms with E-state index in [0.29, 0.717) is 6.42 Å². The molecule has 0 aromatic rings. The summed E-state index contributed by atoms with van der Waals surface area (Å²) in [4.78, 5) is 244. The van der Waals surface area contributed by atoms with Crippen molar-refractivity contribution in [1.82, 2.24) is 26.6 Å². The Balaban J connectivity index is -0.000000154. The molecule has 0 saturated carbocycles. The molecule has 0 aromatic heterocycles. The molecule has 0 aliphatic heterocycles. The van der Waals surface area contributed by atoms with E-state index in [1.807, 2.05) is 0 Å². The summed E-state index contributed by atoms with van der Waals surface area (Å²) in [5.74, 6) is -22.1. The van der Waals surface area contributed by atoms with Crippen LogP contribution in [0.5, 0.6) is 0 Å². The number of amides is 5. The Morgan fingerprint density at radius 2 is 0.656 bits per heavy atom. The molecule has 5 amide bonds. The van der Waals surface area contributed by atoms with Gasteiger partial charge in [-0.15, -0.1) is 0 Å². The standard InChI is InChI=1S/C31H50N2O13.C30H48N2O14.C9H13NO5.C8H10O4.2CH4.Al.B.HN.3Na.H2O/c1-8-20(17-30(5,6)28(43)32-21(19(4)34)10-12-23(35)36)27(42)46-15-14-45-26(41)18(3)16-31(7,9-2)29(44)33-22(25(39)40)11-13-24(37)38;1-7-18(16-29(4,5)27(43)31-19(23(37)38)9-11-21(33)34)26(42)46-14-13-45-25(41)17(3)15-30(6,8-2)28(44)32-20(24(39)40)10-12-22(35)36;1-5(2)8(13)10-6(9(14)15)3-4-7(11)12;1-3-7(9)11-5-6-12-8(10)4-2;;;;;;;;;/h18,20-22H,8-17H2,1-7H3,(H,32,43)(H,33,44)(H,35,36)(H,37,38)(H,39,40);17-20H,7-16H2,1-6H3,(H,31,43)(H,32,44)(H,33,34)(H,35,36)(H,37,38)(H,39,40);6H,1,3-4H2,2H3,(H,10,13)(H,11,12)(H,14,15);3-4H,1-2,5-6H2;2*1H4;;;1H;;;;1H2/q;;;;;;;;;3*+1;/p-3. The Bertz CT molecular complexity index is 3400. The smallest absolute Gasteiger partial charge is 0.870 e. The van der Waals surface area contributed by atoms with Crippen LogP contribution in [0.15, 0.2) is 37.5 Å². The Kier molecular flexibility index (Phi) is 87.9. The largest absolute Gasteiger partial charge is 1.00 e. The fourth-order valence-corrected chi connectivity index (χ4v) is 10.4. The zero-order valence-corrected chi connectivity index (χ0v) is 82.2. The summed E-state index contributed by atoms with van der Waals surface area (Å²) >= 11 is 1.67. The molecule has 0 bridgehead atoms. The van der Waals surface area contributed by atoms with Gasteiger partial charge in [0.25, 0.3) is 0 Å². The van der Waals surface area contributed by atoms with Crippen LogP contribution in [0.3, 0.4) is 0 Å². The second-order valence-electron chi connectivity index (χ2n) is 29.3. The number of carboxylic acids is 9. The van der Waals surface area contributed by atoms with Crippen molar-refractivity contribution in [3.63, 3.8) is 0 Å². The third-order valence-corrected chi connectivity index (χ3v) is 18.2. The maximum Gasteiger partial charge on any atom is 1.00 e. The van der Waals surface area contributed by atoms with E-state index in [-0.39, 0.29) is 252 Å². The van der Waals surface area contributed by atoms with E-state index in [0.717, 1.165) is 12.2 Å². The number of nitrogens with one attached hydrogen (secondary N) is 6. The average Bonchev–Trinajstić information content (AvgIpc) is 0.635. The van der Waals surface area contributed by atoms with Gasteiger partial charge in [-0.05, 0) is 104 Å². The van der Waals surface area contributed by atoms with Crippen LogP contribution >= 0.6 is 0 Å². The molecule has 0 saturated heterocycles. The van der Waals surface area contributed by atoms with Crippen LogP contribution in [0.2, 0.25) is 0 Å². The van der Waals surface area contributed by atoms with Gasteiger partial charge in [0, 0.05) is 79.5 Å². The number of ketones is 1. The van der Waals surface area contributed by atoms with Gasteiger partial charge in [0.2, 0.25) is 29.5 Å². The number of carboxylic acid groups (broad SMARTS) is 9. The van der Waals surface area contributed by atoms with E-state index in [1.165, 1.54) is 48.5 Å². The minimum atomic E-state index is -1.66. The molecule has 14 N–H and O–H groups in total. The number of carbonyl (C=O) groups is 21. The fourth-order valence-electron chi connectivity index (χ4n) is 10.4. The molecule has 43 nitrogen and oxygen atoms in total. The SMILES string of the molecule is C.C.C=C(C)C(=O)NC(CCC(=O)O)C(=O)O.C=CC(=O)OCCOC(=O)C=C.CCC(CC(C)(C)C(=O)NC(CCC(=O)O)C(=O)O)C(=O)OCCOC(=O)C(C)CC(C)(CC)C(=O)NC(CCC(=O)[O-])C(=O)[O-].CCC(CC(C)(C)C(=O)NC(CCC(=O)O)C(C)=O)C(=O)OCCOC(=O)C(C)CC(C)(CC)C(=O)NC(CCC(=O)O)C(=O)O.[B].[NH]=[Al].[Na+].[Na+].[Na+].[OH-]. The summed E-state index contributed by atoms with van der Waals surface area (Å²) in [5.41, 5.74) is -4.51. The van der Waals surface area contributed by atoms with Gasteiger partial charge in [0.15, 0.2) is 5.78 Å². The summed E-state index contributed by atoms with van der Waals surface area (Å²) < 4.78 is 35.6. The van der Waals surface area contributed by atoms with E-state index >= 15 is 0 Å². The molecule has 710 valence electrons. The second kappa shape index (κ2) is 77.4. The maximum atomic E-state index is 12.9. The second-order valence-corrected chi connectivity index (χ2v) is 29.3. The van der Waals surface area contributed by atoms with Gasteiger partial charge in [-0.1, -0.05) is 118 Å². The van der Waals surface area contributed by atoms with Crippen LogP contribution < -0.4 is 125 Å². The summed E-state index contributed by atoms with van der Waals surface area (Å²) in [6, 6.07) is -6.55. The van der Waals surface area contributed by atoms with Crippen LogP contribution in [-0.4, -0.2) is 260 Å². The predicted octanol–water partition coefficient (Wildman–Crippen LogP) is -6.43. The molecule has 11 unspecified atom stereocenters. The van der Waals surface area contributed by atoms with E-state index < -0.39 is 220 Å². The van der Waals surface area contributed by atoms with Crippen molar-refractivity contribution in [2.45, 2.75) is 258 Å². The molecule has 0 fully saturated rings. The number of hydrogen-bond donors (Lipinski definition) is 13. The first-order chi connectivity index (χ1) is 55.9. The van der Waals surface area contributed by atoms with E-state index in [2.05, 4.69) is 55.8 Å². The van der Waals surface area contributed by atoms with Crippen LogP contribution in [-0.2, 0) is 129 Å². The molecule has 4 radical (unpaired) electrons. The Morgan fingerprint density at radius 1 is 0.406 bits per heavy atom. The zero-order chi connectivity index (χ0) is 95.1. The number of rotatable bonds is 57. The molecule has 0 aliphatic carbocycles. The number of aliphatic carboxylic acids is 9. The molecule has 48 heteroatoms. The third kappa shape index (κ3) is 66.1. The first kappa shape index (κ1) is 145. The fraction of sp³-hybridized carbons (Fsp3) is 0.662. The normalized spacial score (nSPS) is 13.1. The van der Waals surface area contributed by atoms with Crippen molar-refractivity contribution in [1.29, 1.82) is 4.35 Å². The van der Waals surface area contributed by atoms with Crippen molar-refractivity contribution in [2.24, 2.45) is 45.3 Å². The number of esters is 6. The van der Waals surface area contributed by atoms with Crippen LogP contribution in [0.25, 0.3) is 0 Å². The van der Waals surface area contributed by atoms with Crippen molar-refractivity contribution in [3.8, 4) is 0 Å². The van der Waals surface area contributed by atoms with Gasteiger partial charge in [0.1, 0.15) is 57.8 Å². The quantitative estimate of drug-likeness (QED) is 0.00885. The van der Waals surface area contributed by atoms with E-state index in [4.69, 9.17) is 48.8 Å². The number of hydrogen-bond acceptors (Lipinski definition) is 31. The molecule has 0 aromatic carbocycles. The topological polar surface area (TPSA) is 716 Å². The molecular weight excluding hydrogens is 1740 g/mol. The van der Waals surface area contributed by atoms with Gasteiger partial charge < -0.3 is 116 Å². The Labute approximate surface area is 822 Å². The van der Waals surface area contributed by atoms with Gasteiger partial charge >= 0.3 is 187 Å². The monoisotopic (exact) mass is 1870 g/mol. The molecule has 0 aliphatic rings. The van der Waals surface area contributed by atoms with Gasteiger partial charge in [-0.25, -0.2) is 24.0 Å². The van der Waals surface area contributed by atoms with Gasteiger partial charge in [0.05, 0.1) is 41.7 Å². The Hall–Kier alpha value is -8.35. The minimum absolute atomic E-state index is 0. The predicted molar refractivity (Wildman–Crippen MR) is 439 cm³/mol. The zero-order valence-electron chi connectivity index (χ0n) is 75.0. The molecule has 0 heterocycles. The van der Waals surface area contributed by atoms with Crippen molar-refractivity contribution >= 4 is 149 Å². The minimum Gasteiger partial charge on any atom is -0.870 e. The summed E-state index contributed by atoms with van der Waals surface area (Å²) in [5, 5.41) is 96.0. The summed E-state index contributed by atoms with van der Waals surface area (Å²) in [6.07, 6.45) is -0.212. The van der Waals surface area contributed by atoms with Gasteiger partial charge in [-0.2, -0.15) is 0 Å². The number of Topliss-reactive ketones (excluding diaryl/α,β-unsaturated/α-hetero) is 1. The molecule has 0 spiro atoms. The van der Waals surface area contributed by atoms with Crippen molar-refractivity contribution in [2.75, 3.05) is 39.6 Å². The molecule has 11 atom stereocenters. The molecule has 128 heavy (non-hydrogen) atoms. The third-order valence-electron chi connectivity index (χ3n) is 18.2. The molecule has 0 rings (SSSR count). The van der Waals surface area contributed by atoms with E-state index in [1.54, 1.807) is 64.6 Å². The summed E-state index contributed by atoms with van der Waals surface area (Å²) in [6.45, 7) is 30.4. The van der Waals surface area contributed by atoms with Crippen LogP contribution in [0, 0.1) is 49.7 Å². The van der Waals surface area contributed by atoms with Crippen molar-refractivity contribution in [3.05, 3.63) is 37.5 Å². The number of ether oxygens (including phenoxy) is 6. The summed E-state index contributed by atoms with van der Waals surface area (Å²) in [7, 11) is 0. The van der Waals surface area contributed by atoms with E-state index in [9.17, 15) is 121 Å². The maximum absolute atomic E-state index is 12.9. The average molecular weight is 1870 g/mol. The first-order valence-electron chi connectivity index (χ1n) is 38.2. The van der Waals surface area contributed by atoms with Crippen LogP contribution in [0.4, 0.5) is 0 Å². The Morgan fingerprint density at radius 3 is 0.898 bits per heavy atom. The first-order valence-corrected chi connectivity index (χ1v) is 38.7.